The third-order valence-electron chi connectivity index (χ3n) is 13.9. The van der Waals surface area contributed by atoms with Crippen molar-refractivity contribution in [2.75, 3.05) is 0 Å². The standard InChI is InChI=1S/C66H44N6/c1-42-15-13-21-47(35-42)49-28-32-61-55(38-49)52-23-9-11-25-58(52)71(61)60-31-27-44(41-67)37-54(60)57-40-51(66-69-64(45-17-5-3-6-18-45)68-65(70-66)46-19-7-4-8-20-46)30-34-63(57)72-59-26-12-10-24-53(59)56-39-50(29-33-62(56)72)48-22-14-16-43(2)36-48/h3-40H,1-2H3. The van der Waals surface area contributed by atoms with E-state index in [-0.39, 0.29) is 0 Å². The fourth-order valence-corrected chi connectivity index (χ4v) is 10.5. The van der Waals surface area contributed by atoms with E-state index in [9.17, 15) is 5.26 Å². The molecule has 72 heavy (non-hydrogen) atoms. The molecule has 6 heteroatoms. The zero-order valence-electron chi connectivity index (χ0n) is 39.6. The van der Waals surface area contributed by atoms with Gasteiger partial charge in [-0.1, -0.05) is 169 Å². The number of aromatic nitrogens is 5. The minimum absolute atomic E-state index is 0.541. The molecule has 3 heterocycles. The molecule has 0 radical (unpaired) electrons. The van der Waals surface area contributed by atoms with Crippen molar-refractivity contribution in [1.82, 2.24) is 24.1 Å². The molecule has 0 atom stereocenters. The maximum Gasteiger partial charge on any atom is 0.164 e. The second-order valence-corrected chi connectivity index (χ2v) is 18.5. The van der Waals surface area contributed by atoms with Crippen LogP contribution in [0.4, 0.5) is 0 Å². The molecule has 0 amide bonds. The van der Waals surface area contributed by atoms with Gasteiger partial charge in [0.15, 0.2) is 17.5 Å². The Bertz CT molecular complexity index is 4250. The monoisotopic (exact) mass is 920 g/mol. The van der Waals surface area contributed by atoms with Crippen molar-refractivity contribution in [2.45, 2.75) is 13.8 Å². The third kappa shape index (κ3) is 7.31. The smallest absolute Gasteiger partial charge is 0.164 e. The molecule has 0 bridgehead atoms. The average Bonchev–Trinajstić information content (AvgIpc) is 3.95. The first-order valence-corrected chi connectivity index (χ1v) is 24.2. The van der Waals surface area contributed by atoms with E-state index in [2.05, 4.69) is 187 Å². The van der Waals surface area contributed by atoms with Crippen molar-refractivity contribution < 1.29 is 0 Å². The number of aryl methyl sites for hydroxylation is 2. The second kappa shape index (κ2) is 17.4. The number of hydrogen-bond acceptors (Lipinski definition) is 4. The first-order valence-electron chi connectivity index (χ1n) is 24.2. The van der Waals surface area contributed by atoms with Gasteiger partial charge in [-0.15, -0.1) is 0 Å². The van der Waals surface area contributed by atoms with Gasteiger partial charge in [-0.05, 0) is 109 Å². The zero-order chi connectivity index (χ0) is 48.3. The quantitative estimate of drug-likeness (QED) is 0.152. The van der Waals surface area contributed by atoms with Gasteiger partial charge in [-0.3, -0.25) is 0 Å². The number of fused-ring (bicyclic) bond motifs is 6. The predicted octanol–water partition coefficient (Wildman–Crippen LogP) is 16.6. The summed E-state index contributed by atoms with van der Waals surface area (Å²) in [5.41, 5.74) is 18.2. The largest absolute Gasteiger partial charge is 0.309 e. The molecule has 0 fully saturated rings. The number of benzene rings is 10. The number of para-hydroxylation sites is 2. The summed E-state index contributed by atoms with van der Waals surface area (Å²) in [6, 6.07) is 83.5. The van der Waals surface area contributed by atoms with Crippen LogP contribution in [-0.2, 0) is 0 Å². The summed E-state index contributed by atoms with van der Waals surface area (Å²) in [6.07, 6.45) is 0. The van der Waals surface area contributed by atoms with Crippen LogP contribution in [0.25, 0.3) is 123 Å². The Morgan fingerprint density at radius 3 is 1.22 bits per heavy atom. The third-order valence-corrected chi connectivity index (χ3v) is 13.9. The van der Waals surface area contributed by atoms with E-state index in [4.69, 9.17) is 15.0 Å². The van der Waals surface area contributed by atoms with E-state index < -0.39 is 0 Å². The van der Waals surface area contributed by atoms with Crippen LogP contribution >= 0.6 is 0 Å². The summed E-state index contributed by atoms with van der Waals surface area (Å²) in [6.45, 7) is 4.27. The molecular weight excluding hydrogens is 877 g/mol. The molecule has 338 valence electrons. The van der Waals surface area contributed by atoms with Crippen LogP contribution in [0, 0.1) is 25.2 Å². The first kappa shape index (κ1) is 42.4. The predicted molar refractivity (Wildman–Crippen MR) is 295 cm³/mol. The van der Waals surface area contributed by atoms with Crippen LogP contribution in [0.2, 0.25) is 0 Å². The second-order valence-electron chi connectivity index (χ2n) is 18.5. The molecule has 0 N–H and O–H groups in total. The lowest BCUT2D eigenvalue weighted by atomic mass is 9.96. The van der Waals surface area contributed by atoms with Crippen LogP contribution in [-0.4, -0.2) is 24.1 Å². The molecule has 0 aliphatic rings. The van der Waals surface area contributed by atoms with Gasteiger partial charge in [0.05, 0.1) is 45.1 Å². The molecule has 3 aromatic heterocycles. The molecule has 10 aromatic carbocycles. The summed E-state index contributed by atoms with van der Waals surface area (Å²) >= 11 is 0. The molecule has 0 aliphatic carbocycles. The summed E-state index contributed by atoms with van der Waals surface area (Å²) in [5, 5.41) is 15.3. The highest BCUT2D eigenvalue weighted by Crippen LogP contribution is 2.44. The molecule has 0 unspecified atom stereocenters. The van der Waals surface area contributed by atoms with Crippen molar-refractivity contribution in [3.8, 4) is 85.0 Å². The van der Waals surface area contributed by atoms with E-state index in [1.807, 2.05) is 72.8 Å². The van der Waals surface area contributed by atoms with Crippen LogP contribution in [0.1, 0.15) is 16.7 Å². The van der Waals surface area contributed by atoms with Crippen molar-refractivity contribution in [1.29, 1.82) is 5.26 Å². The molecule has 13 aromatic rings. The minimum atomic E-state index is 0.541. The average molecular weight is 921 g/mol. The molecule has 0 saturated carbocycles. The van der Waals surface area contributed by atoms with Gasteiger partial charge < -0.3 is 9.13 Å². The Kier molecular flexibility index (Phi) is 10.2. The van der Waals surface area contributed by atoms with Crippen LogP contribution in [0.15, 0.2) is 231 Å². The summed E-state index contributed by atoms with van der Waals surface area (Å²) in [4.78, 5) is 15.5. The summed E-state index contributed by atoms with van der Waals surface area (Å²) in [5.74, 6) is 1.71. The van der Waals surface area contributed by atoms with Gasteiger partial charge >= 0.3 is 0 Å². The summed E-state index contributed by atoms with van der Waals surface area (Å²) in [7, 11) is 0. The van der Waals surface area contributed by atoms with Crippen LogP contribution in [0.5, 0.6) is 0 Å². The van der Waals surface area contributed by atoms with Gasteiger partial charge in [-0.2, -0.15) is 5.26 Å². The van der Waals surface area contributed by atoms with E-state index in [0.717, 1.165) is 93.9 Å². The Balaban J connectivity index is 1.11. The highest BCUT2D eigenvalue weighted by atomic mass is 15.0. The van der Waals surface area contributed by atoms with Crippen molar-refractivity contribution >= 4 is 43.6 Å². The Morgan fingerprint density at radius 2 is 0.722 bits per heavy atom. The van der Waals surface area contributed by atoms with E-state index in [1.54, 1.807) is 0 Å². The van der Waals surface area contributed by atoms with E-state index >= 15 is 0 Å². The lowest BCUT2D eigenvalue weighted by Crippen LogP contribution is -2.04. The summed E-state index contributed by atoms with van der Waals surface area (Å²) < 4.78 is 4.74. The van der Waals surface area contributed by atoms with Crippen molar-refractivity contribution in [3.05, 3.63) is 247 Å². The van der Waals surface area contributed by atoms with Gasteiger partial charge in [0.1, 0.15) is 0 Å². The fraction of sp³-hybridized carbons (Fsp3) is 0.0303. The molecule has 13 rings (SSSR count). The molecule has 0 saturated heterocycles. The van der Waals surface area contributed by atoms with Crippen molar-refractivity contribution in [2.24, 2.45) is 0 Å². The maximum atomic E-state index is 10.7. The zero-order valence-corrected chi connectivity index (χ0v) is 39.6. The van der Waals surface area contributed by atoms with Gasteiger partial charge in [0.2, 0.25) is 0 Å². The topological polar surface area (TPSA) is 72.3 Å². The van der Waals surface area contributed by atoms with E-state index in [1.165, 1.54) is 22.3 Å². The fourth-order valence-electron chi connectivity index (χ4n) is 10.5. The van der Waals surface area contributed by atoms with Crippen molar-refractivity contribution in [3.63, 3.8) is 0 Å². The van der Waals surface area contributed by atoms with Gasteiger partial charge in [0, 0.05) is 49.4 Å². The SMILES string of the molecule is Cc1cccc(-c2ccc3c(c2)c2ccccc2n3-c2ccc(C#N)cc2-c2cc(-c3nc(-c4ccccc4)nc(-c4ccccc4)n3)ccc2-n2c3ccccc3c3cc(-c4cccc(C)c4)ccc32)c1. The number of hydrogen-bond donors (Lipinski definition) is 0. The number of nitrogens with zero attached hydrogens (tertiary/aromatic N) is 6. The minimum Gasteiger partial charge on any atom is -0.309 e. The number of rotatable bonds is 8. The molecule has 0 aliphatic heterocycles. The Morgan fingerprint density at radius 1 is 0.319 bits per heavy atom. The van der Waals surface area contributed by atoms with Gasteiger partial charge in [0.25, 0.3) is 0 Å². The Hall–Kier alpha value is -9.70. The molecule has 6 nitrogen and oxygen atoms in total. The highest BCUT2D eigenvalue weighted by molar-refractivity contribution is 6.13. The molecule has 0 spiro atoms. The van der Waals surface area contributed by atoms with Crippen LogP contribution in [0.3, 0.4) is 0 Å². The number of nitriles is 1. The maximum absolute atomic E-state index is 10.7. The first-order chi connectivity index (χ1) is 35.5. The van der Waals surface area contributed by atoms with Gasteiger partial charge in [-0.25, -0.2) is 15.0 Å². The Labute approximate surface area is 417 Å². The lowest BCUT2D eigenvalue weighted by molar-refractivity contribution is 1.07. The lowest BCUT2D eigenvalue weighted by Gasteiger charge is -2.20. The van der Waals surface area contributed by atoms with E-state index in [0.29, 0.717) is 23.0 Å². The molecular formula is C66H44N6. The van der Waals surface area contributed by atoms with Crippen LogP contribution < -0.4 is 0 Å². The highest BCUT2D eigenvalue weighted by Gasteiger charge is 2.23. The normalized spacial score (nSPS) is 11.5.